The predicted molar refractivity (Wildman–Crippen MR) is 100 cm³/mol. The lowest BCUT2D eigenvalue weighted by Crippen LogP contribution is -2.46. The van der Waals surface area contributed by atoms with Crippen molar-refractivity contribution >= 4 is 5.96 Å². The molecule has 1 N–H and O–H groups in total. The van der Waals surface area contributed by atoms with E-state index in [1.54, 1.807) is 7.05 Å². The molecule has 3 aliphatic rings. The van der Waals surface area contributed by atoms with Crippen molar-refractivity contribution in [1.29, 1.82) is 0 Å². The Kier molecular flexibility index (Phi) is 5.78. The van der Waals surface area contributed by atoms with Gasteiger partial charge in [0.1, 0.15) is 11.6 Å². The number of ether oxygens (including phenoxy) is 3. The molecule has 27 heavy (non-hydrogen) atoms. The molecule has 0 spiro atoms. The average molecular weight is 377 g/mol. The summed E-state index contributed by atoms with van der Waals surface area (Å²) in [6.07, 6.45) is 5.06. The minimum atomic E-state index is -0.275. The molecule has 1 aromatic rings. The van der Waals surface area contributed by atoms with Crippen LogP contribution in [0.3, 0.4) is 0 Å². The van der Waals surface area contributed by atoms with Gasteiger partial charge >= 0.3 is 0 Å². The van der Waals surface area contributed by atoms with Gasteiger partial charge in [-0.15, -0.1) is 0 Å². The van der Waals surface area contributed by atoms with Crippen LogP contribution in [0.5, 0.6) is 5.75 Å². The third-order valence-electron chi connectivity index (χ3n) is 5.41. The summed E-state index contributed by atoms with van der Waals surface area (Å²) in [5.74, 6) is 2.09. The standard InChI is InChI=1S/C20H28FN3O3/c1-22-20(24-6-4-18(5-7-24)26-11-14-2-3-14)23-10-15-8-17(21)9-16-12-25-13-27-19(15)16/h8-9,14,18H,2-7,10-13H2,1H3,(H,22,23). The molecule has 0 unspecified atom stereocenters. The van der Waals surface area contributed by atoms with Crippen LogP contribution in [-0.4, -0.2) is 50.5 Å². The van der Waals surface area contributed by atoms with E-state index in [1.165, 1.54) is 25.0 Å². The molecule has 0 amide bonds. The predicted octanol–water partition coefficient (Wildman–Crippen LogP) is 2.66. The summed E-state index contributed by atoms with van der Waals surface area (Å²) in [6, 6.07) is 2.99. The number of hydrogen-bond acceptors (Lipinski definition) is 4. The maximum absolute atomic E-state index is 13.9. The first-order chi connectivity index (χ1) is 13.2. The molecule has 4 rings (SSSR count). The molecular formula is C20H28FN3O3. The van der Waals surface area contributed by atoms with Crippen LogP contribution in [0, 0.1) is 11.7 Å². The maximum atomic E-state index is 13.9. The van der Waals surface area contributed by atoms with Crippen LogP contribution in [-0.2, 0) is 22.6 Å². The number of halogens is 1. The molecule has 1 aliphatic carbocycles. The summed E-state index contributed by atoms with van der Waals surface area (Å²) in [7, 11) is 1.78. The van der Waals surface area contributed by atoms with Gasteiger partial charge in [-0.3, -0.25) is 4.99 Å². The van der Waals surface area contributed by atoms with Gasteiger partial charge in [-0.1, -0.05) is 0 Å². The average Bonchev–Trinajstić information content (AvgIpc) is 3.52. The summed E-state index contributed by atoms with van der Waals surface area (Å²) in [5, 5.41) is 3.36. The van der Waals surface area contributed by atoms with Crippen LogP contribution in [0.15, 0.2) is 17.1 Å². The van der Waals surface area contributed by atoms with Gasteiger partial charge in [-0.2, -0.15) is 0 Å². The van der Waals surface area contributed by atoms with Crippen molar-refractivity contribution in [2.45, 2.75) is 44.9 Å². The van der Waals surface area contributed by atoms with Crippen molar-refractivity contribution in [2.24, 2.45) is 10.9 Å². The van der Waals surface area contributed by atoms with Crippen molar-refractivity contribution in [1.82, 2.24) is 10.2 Å². The number of hydrogen-bond donors (Lipinski definition) is 1. The second kappa shape index (κ2) is 8.44. The summed E-state index contributed by atoms with van der Waals surface area (Å²) in [6.45, 7) is 3.80. The Labute approximate surface area is 159 Å². The Morgan fingerprint density at radius 1 is 1.30 bits per heavy atom. The maximum Gasteiger partial charge on any atom is 0.193 e. The Balaban J connectivity index is 1.31. The highest BCUT2D eigenvalue weighted by molar-refractivity contribution is 5.80. The molecule has 0 atom stereocenters. The van der Waals surface area contributed by atoms with Crippen molar-refractivity contribution in [2.75, 3.05) is 33.5 Å². The van der Waals surface area contributed by atoms with E-state index in [4.69, 9.17) is 14.2 Å². The summed E-state index contributed by atoms with van der Waals surface area (Å²) < 4.78 is 30.7. The van der Waals surface area contributed by atoms with Gasteiger partial charge in [0.25, 0.3) is 0 Å². The van der Waals surface area contributed by atoms with Crippen LogP contribution in [0.2, 0.25) is 0 Å². The van der Waals surface area contributed by atoms with Gasteiger partial charge in [0, 0.05) is 44.4 Å². The normalized spacial score (nSPS) is 21.0. The minimum absolute atomic E-state index is 0.203. The molecule has 0 radical (unpaired) electrons. The van der Waals surface area contributed by atoms with Gasteiger partial charge in [-0.05, 0) is 43.7 Å². The number of rotatable bonds is 5. The molecule has 1 aromatic carbocycles. The lowest BCUT2D eigenvalue weighted by atomic mass is 10.1. The zero-order valence-electron chi connectivity index (χ0n) is 15.9. The Hall–Kier alpha value is -1.86. The minimum Gasteiger partial charge on any atom is -0.467 e. The molecular weight excluding hydrogens is 349 g/mol. The number of nitrogens with one attached hydrogen (secondary N) is 1. The molecule has 2 aliphatic heterocycles. The van der Waals surface area contributed by atoms with Crippen molar-refractivity contribution in [3.05, 3.63) is 29.1 Å². The van der Waals surface area contributed by atoms with Crippen LogP contribution >= 0.6 is 0 Å². The molecule has 2 heterocycles. The van der Waals surface area contributed by atoms with Gasteiger partial charge in [0.2, 0.25) is 0 Å². The number of fused-ring (bicyclic) bond motifs is 1. The fourth-order valence-corrected chi connectivity index (χ4v) is 3.69. The molecule has 2 fully saturated rings. The SMILES string of the molecule is CN=C(NCc1cc(F)cc2c1OCOC2)N1CCC(OCC2CC2)CC1. The monoisotopic (exact) mass is 377 g/mol. The van der Waals surface area contributed by atoms with E-state index in [9.17, 15) is 4.39 Å². The van der Waals surface area contributed by atoms with Crippen LogP contribution in [0.25, 0.3) is 0 Å². The van der Waals surface area contributed by atoms with Crippen LogP contribution in [0.1, 0.15) is 36.8 Å². The van der Waals surface area contributed by atoms with Crippen molar-refractivity contribution < 1.29 is 18.6 Å². The molecule has 1 saturated heterocycles. The van der Waals surface area contributed by atoms with E-state index in [2.05, 4.69) is 15.2 Å². The highest BCUT2D eigenvalue weighted by atomic mass is 19.1. The fourth-order valence-electron chi connectivity index (χ4n) is 3.69. The van der Waals surface area contributed by atoms with Gasteiger partial charge in [0.15, 0.2) is 12.8 Å². The smallest absolute Gasteiger partial charge is 0.193 e. The first-order valence-electron chi connectivity index (χ1n) is 9.82. The molecule has 7 heteroatoms. The number of guanidine groups is 1. The topological polar surface area (TPSA) is 55.3 Å². The first kappa shape index (κ1) is 18.5. The van der Waals surface area contributed by atoms with Crippen LogP contribution < -0.4 is 10.1 Å². The second-order valence-electron chi connectivity index (χ2n) is 7.53. The molecule has 6 nitrogen and oxygen atoms in total. The van der Waals surface area contributed by atoms with Crippen LogP contribution in [0.4, 0.5) is 4.39 Å². The largest absolute Gasteiger partial charge is 0.467 e. The molecule has 148 valence electrons. The second-order valence-corrected chi connectivity index (χ2v) is 7.53. The zero-order chi connectivity index (χ0) is 18.6. The quantitative estimate of drug-likeness (QED) is 0.632. The van der Waals surface area contributed by atoms with Gasteiger partial charge < -0.3 is 24.4 Å². The van der Waals surface area contributed by atoms with Gasteiger partial charge in [0.05, 0.1) is 12.7 Å². The fraction of sp³-hybridized carbons (Fsp3) is 0.650. The lowest BCUT2D eigenvalue weighted by Gasteiger charge is -2.34. The summed E-state index contributed by atoms with van der Waals surface area (Å²) in [4.78, 5) is 6.64. The Morgan fingerprint density at radius 3 is 2.85 bits per heavy atom. The Bertz CT molecular complexity index is 685. The zero-order valence-corrected chi connectivity index (χ0v) is 15.9. The Morgan fingerprint density at radius 2 is 2.11 bits per heavy atom. The first-order valence-corrected chi connectivity index (χ1v) is 9.82. The number of aliphatic imine (C=N–C) groups is 1. The third kappa shape index (κ3) is 4.71. The molecule has 0 bridgehead atoms. The number of likely N-dealkylation sites (tertiary alicyclic amines) is 1. The third-order valence-corrected chi connectivity index (χ3v) is 5.41. The van der Waals surface area contributed by atoms with E-state index in [0.29, 0.717) is 19.3 Å². The molecule has 1 saturated carbocycles. The highest BCUT2D eigenvalue weighted by Gasteiger charge is 2.26. The van der Waals surface area contributed by atoms with E-state index in [0.717, 1.165) is 61.3 Å². The highest BCUT2D eigenvalue weighted by Crippen LogP contribution is 2.30. The van der Waals surface area contributed by atoms with Crippen molar-refractivity contribution in [3.8, 4) is 5.75 Å². The van der Waals surface area contributed by atoms with E-state index in [-0.39, 0.29) is 12.6 Å². The molecule has 0 aromatic heterocycles. The summed E-state index contributed by atoms with van der Waals surface area (Å²) >= 11 is 0. The number of benzene rings is 1. The van der Waals surface area contributed by atoms with E-state index < -0.39 is 0 Å². The number of piperidine rings is 1. The van der Waals surface area contributed by atoms with Gasteiger partial charge in [-0.25, -0.2) is 4.39 Å². The summed E-state index contributed by atoms with van der Waals surface area (Å²) in [5.41, 5.74) is 1.54. The lowest BCUT2D eigenvalue weighted by molar-refractivity contribution is -0.0173. The number of nitrogens with zero attached hydrogens (tertiary/aromatic N) is 2. The van der Waals surface area contributed by atoms with Crippen molar-refractivity contribution in [3.63, 3.8) is 0 Å². The van der Waals surface area contributed by atoms with E-state index >= 15 is 0 Å². The van der Waals surface area contributed by atoms with E-state index in [1.807, 2.05) is 0 Å².